The summed E-state index contributed by atoms with van der Waals surface area (Å²) in [5.74, 6) is 0.468. The van der Waals surface area contributed by atoms with E-state index in [2.05, 4.69) is 10.3 Å². The van der Waals surface area contributed by atoms with Crippen LogP contribution >= 0.6 is 0 Å². The van der Waals surface area contributed by atoms with E-state index in [-0.39, 0.29) is 30.3 Å². The lowest BCUT2D eigenvalue weighted by Crippen LogP contribution is -2.46. The molecule has 0 fully saturated rings. The van der Waals surface area contributed by atoms with Crippen molar-refractivity contribution in [2.75, 3.05) is 20.7 Å². The summed E-state index contributed by atoms with van der Waals surface area (Å²) >= 11 is 0. The number of benzene rings is 1. The van der Waals surface area contributed by atoms with Gasteiger partial charge in [0, 0.05) is 29.7 Å². The van der Waals surface area contributed by atoms with Crippen LogP contribution in [0.2, 0.25) is 0 Å². The van der Waals surface area contributed by atoms with Gasteiger partial charge in [-0.15, -0.1) is 0 Å². The molecule has 1 aromatic heterocycles. The van der Waals surface area contributed by atoms with Crippen LogP contribution in [0.25, 0.3) is 10.9 Å². The van der Waals surface area contributed by atoms with Gasteiger partial charge in [-0.05, 0) is 44.5 Å². The fourth-order valence-electron chi connectivity index (χ4n) is 2.49. The van der Waals surface area contributed by atoms with Gasteiger partial charge in [0.15, 0.2) is 0 Å². The number of carbonyl (C=O) groups excluding carboxylic acids is 2. The first-order valence-electron chi connectivity index (χ1n) is 7.88. The third-order valence-corrected chi connectivity index (χ3v) is 3.64. The molecule has 0 aliphatic heterocycles. The van der Waals surface area contributed by atoms with E-state index in [9.17, 15) is 9.59 Å². The largest absolute Gasteiger partial charge is 0.497 e. The fourth-order valence-corrected chi connectivity index (χ4v) is 2.49. The summed E-state index contributed by atoms with van der Waals surface area (Å²) in [6, 6.07) is 5.69. The van der Waals surface area contributed by atoms with E-state index in [4.69, 9.17) is 4.74 Å². The van der Waals surface area contributed by atoms with Crippen molar-refractivity contribution in [2.45, 2.75) is 32.7 Å². The van der Waals surface area contributed by atoms with E-state index in [1.807, 2.05) is 45.2 Å². The van der Waals surface area contributed by atoms with Crippen LogP contribution in [-0.4, -0.2) is 47.9 Å². The van der Waals surface area contributed by atoms with Gasteiger partial charge < -0.3 is 19.9 Å². The quantitative estimate of drug-likeness (QED) is 0.881. The summed E-state index contributed by atoms with van der Waals surface area (Å²) in [6.45, 7) is 5.77. The number of likely N-dealkylation sites (N-methyl/N-ethyl adjacent to an activating group) is 1. The molecule has 0 radical (unpaired) electrons. The van der Waals surface area contributed by atoms with Gasteiger partial charge in [-0.2, -0.15) is 0 Å². The monoisotopic (exact) mass is 331 g/mol. The number of H-pyrrole nitrogens is 1. The Balaban J connectivity index is 2.05. The van der Waals surface area contributed by atoms with Crippen molar-refractivity contribution in [3.63, 3.8) is 0 Å². The van der Waals surface area contributed by atoms with Crippen LogP contribution < -0.4 is 10.1 Å². The van der Waals surface area contributed by atoms with Crippen LogP contribution in [0.3, 0.4) is 0 Å². The van der Waals surface area contributed by atoms with Crippen molar-refractivity contribution in [3.05, 3.63) is 30.0 Å². The van der Waals surface area contributed by atoms with Crippen LogP contribution in [0.1, 0.15) is 26.3 Å². The molecular formula is C18H25N3O3. The molecule has 0 aliphatic rings. The number of rotatable bonds is 5. The second-order valence-electron chi connectivity index (χ2n) is 6.95. The van der Waals surface area contributed by atoms with Gasteiger partial charge in [-0.1, -0.05) is 0 Å². The second-order valence-corrected chi connectivity index (χ2v) is 6.95. The van der Waals surface area contributed by atoms with Crippen LogP contribution in [0.4, 0.5) is 0 Å². The Morgan fingerprint density at radius 1 is 1.29 bits per heavy atom. The maximum absolute atomic E-state index is 12.4. The number of hydrogen-bond acceptors (Lipinski definition) is 3. The lowest BCUT2D eigenvalue weighted by molar-refractivity contribution is -0.134. The lowest BCUT2D eigenvalue weighted by atomic mass is 10.1. The average Bonchev–Trinajstić information content (AvgIpc) is 2.87. The molecule has 0 spiro atoms. The minimum Gasteiger partial charge on any atom is -0.497 e. The highest BCUT2D eigenvalue weighted by atomic mass is 16.5. The van der Waals surface area contributed by atoms with E-state index in [0.29, 0.717) is 0 Å². The molecule has 0 aliphatic carbocycles. The summed E-state index contributed by atoms with van der Waals surface area (Å²) in [6.07, 6.45) is 2.05. The molecule has 0 saturated heterocycles. The van der Waals surface area contributed by atoms with Gasteiger partial charge in [0.25, 0.3) is 0 Å². The Labute approximate surface area is 142 Å². The Kier molecular flexibility index (Phi) is 5.17. The van der Waals surface area contributed by atoms with Gasteiger partial charge >= 0.3 is 0 Å². The predicted molar refractivity (Wildman–Crippen MR) is 94.1 cm³/mol. The van der Waals surface area contributed by atoms with Crippen molar-refractivity contribution < 1.29 is 14.3 Å². The first-order valence-corrected chi connectivity index (χ1v) is 7.88. The van der Waals surface area contributed by atoms with Crippen LogP contribution in [-0.2, 0) is 16.0 Å². The second kappa shape index (κ2) is 6.95. The van der Waals surface area contributed by atoms with Crippen molar-refractivity contribution in [3.8, 4) is 5.75 Å². The van der Waals surface area contributed by atoms with Crippen molar-refractivity contribution in [1.82, 2.24) is 15.2 Å². The predicted octanol–water partition coefficient (Wildman–Crippen LogP) is 2.09. The third-order valence-electron chi connectivity index (χ3n) is 3.64. The fraction of sp³-hybridized carbons (Fsp3) is 0.444. The first-order chi connectivity index (χ1) is 11.2. The molecule has 0 saturated carbocycles. The Morgan fingerprint density at radius 3 is 2.62 bits per heavy atom. The van der Waals surface area contributed by atoms with E-state index >= 15 is 0 Å². The summed E-state index contributed by atoms with van der Waals surface area (Å²) in [4.78, 5) is 28.9. The van der Waals surface area contributed by atoms with E-state index in [0.717, 1.165) is 22.2 Å². The number of nitrogens with one attached hydrogen (secondary N) is 2. The maximum Gasteiger partial charge on any atom is 0.240 e. The van der Waals surface area contributed by atoms with Gasteiger partial charge in [0.2, 0.25) is 11.8 Å². The summed E-state index contributed by atoms with van der Waals surface area (Å²) in [5, 5.41) is 3.81. The molecular weight excluding hydrogens is 306 g/mol. The zero-order chi connectivity index (χ0) is 17.9. The number of aromatic amines is 1. The topological polar surface area (TPSA) is 74.4 Å². The molecule has 6 nitrogen and oxygen atoms in total. The molecule has 0 atom stereocenters. The smallest absolute Gasteiger partial charge is 0.240 e. The number of aromatic nitrogens is 1. The molecule has 0 bridgehead atoms. The standard InChI is InChI=1S/C18H25N3O3/c1-18(2,3)20-16(22)11-21(4)17(23)8-12-10-19-15-7-6-13(24-5)9-14(12)15/h6-7,9-10,19H,8,11H2,1-5H3,(H,20,22). The Bertz CT molecular complexity index is 744. The molecule has 2 amide bonds. The summed E-state index contributed by atoms with van der Waals surface area (Å²) < 4.78 is 5.24. The zero-order valence-electron chi connectivity index (χ0n) is 14.9. The number of amides is 2. The molecule has 2 aromatic rings. The molecule has 6 heteroatoms. The average molecular weight is 331 g/mol. The summed E-state index contributed by atoms with van der Waals surface area (Å²) in [5.41, 5.74) is 1.53. The third kappa shape index (κ3) is 4.50. The Hall–Kier alpha value is -2.50. The highest BCUT2D eigenvalue weighted by Gasteiger charge is 2.19. The SMILES string of the molecule is COc1ccc2[nH]cc(CC(=O)N(C)CC(=O)NC(C)(C)C)c2c1. The molecule has 2 rings (SSSR count). The van der Waals surface area contributed by atoms with Crippen LogP contribution in [0.15, 0.2) is 24.4 Å². The first kappa shape index (κ1) is 17.8. The normalized spacial score (nSPS) is 11.4. The van der Waals surface area contributed by atoms with Crippen LogP contribution in [0.5, 0.6) is 5.75 Å². The molecule has 2 N–H and O–H groups in total. The van der Waals surface area contributed by atoms with E-state index < -0.39 is 0 Å². The number of carbonyl (C=O) groups is 2. The number of ether oxygens (including phenoxy) is 1. The van der Waals surface area contributed by atoms with Gasteiger partial charge in [0.05, 0.1) is 20.1 Å². The number of fused-ring (bicyclic) bond motifs is 1. The number of nitrogens with zero attached hydrogens (tertiary/aromatic N) is 1. The highest BCUT2D eigenvalue weighted by Crippen LogP contribution is 2.24. The summed E-state index contributed by atoms with van der Waals surface area (Å²) in [7, 11) is 3.25. The molecule has 1 aromatic carbocycles. The van der Waals surface area contributed by atoms with Crippen molar-refractivity contribution >= 4 is 22.7 Å². The molecule has 24 heavy (non-hydrogen) atoms. The number of methoxy groups -OCH3 is 1. The van der Waals surface area contributed by atoms with Crippen LogP contribution in [0, 0.1) is 0 Å². The van der Waals surface area contributed by atoms with Gasteiger partial charge in [-0.3, -0.25) is 9.59 Å². The van der Waals surface area contributed by atoms with Gasteiger partial charge in [-0.25, -0.2) is 0 Å². The van der Waals surface area contributed by atoms with Crippen molar-refractivity contribution in [2.24, 2.45) is 0 Å². The van der Waals surface area contributed by atoms with E-state index in [1.165, 1.54) is 4.90 Å². The zero-order valence-corrected chi connectivity index (χ0v) is 14.9. The van der Waals surface area contributed by atoms with Crippen molar-refractivity contribution in [1.29, 1.82) is 0 Å². The maximum atomic E-state index is 12.4. The molecule has 1 heterocycles. The number of hydrogen-bond donors (Lipinski definition) is 2. The minimum absolute atomic E-state index is 0.0434. The molecule has 0 unspecified atom stereocenters. The Morgan fingerprint density at radius 2 is 2.00 bits per heavy atom. The lowest BCUT2D eigenvalue weighted by Gasteiger charge is -2.23. The van der Waals surface area contributed by atoms with E-state index in [1.54, 1.807) is 14.2 Å². The highest BCUT2D eigenvalue weighted by molar-refractivity contribution is 5.91. The van der Waals surface area contributed by atoms with Gasteiger partial charge in [0.1, 0.15) is 5.75 Å². The molecule has 130 valence electrons. The minimum atomic E-state index is -0.311.